The van der Waals surface area contributed by atoms with Crippen LogP contribution >= 0.6 is 11.3 Å². The van der Waals surface area contributed by atoms with Crippen molar-refractivity contribution in [2.24, 2.45) is 5.92 Å². The zero-order valence-electron chi connectivity index (χ0n) is 11.1. The van der Waals surface area contributed by atoms with Gasteiger partial charge in [-0.15, -0.1) is 11.3 Å². The van der Waals surface area contributed by atoms with Crippen molar-refractivity contribution in [3.8, 4) is 11.8 Å². The molecule has 1 atom stereocenters. The zero-order valence-corrected chi connectivity index (χ0v) is 11.9. The van der Waals surface area contributed by atoms with Crippen LogP contribution in [0.1, 0.15) is 30.7 Å². The lowest BCUT2D eigenvalue weighted by atomic mass is 10.1. The second kappa shape index (κ2) is 7.20. The first-order valence-electron chi connectivity index (χ1n) is 6.00. The maximum absolute atomic E-state index is 11.9. The number of thiophene rings is 1. The molecule has 0 bridgehead atoms. The van der Waals surface area contributed by atoms with Crippen molar-refractivity contribution in [2.45, 2.75) is 26.8 Å². The van der Waals surface area contributed by atoms with Crippen LogP contribution < -0.4 is 0 Å². The van der Waals surface area contributed by atoms with Gasteiger partial charge in [0.2, 0.25) is 5.91 Å². The molecule has 1 rings (SSSR count). The number of hydrogen-bond acceptors (Lipinski definition) is 3. The molecule has 0 aliphatic carbocycles. The highest BCUT2D eigenvalue weighted by Crippen LogP contribution is 2.16. The summed E-state index contributed by atoms with van der Waals surface area (Å²) in [5.41, 5.74) is 1.08. The Morgan fingerprint density at radius 2 is 2.33 bits per heavy atom. The summed E-state index contributed by atoms with van der Waals surface area (Å²) >= 11 is 1.53. The van der Waals surface area contributed by atoms with Crippen LogP contribution in [0.3, 0.4) is 0 Å². The highest BCUT2D eigenvalue weighted by atomic mass is 32.1. The Morgan fingerprint density at radius 1 is 1.61 bits per heavy atom. The van der Waals surface area contributed by atoms with Gasteiger partial charge in [0, 0.05) is 19.5 Å². The minimum Gasteiger partial charge on any atom is -0.384 e. The van der Waals surface area contributed by atoms with Gasteiger partial charge in [-0.05, 0) is 23.4 Å². The number of amides is 1. The smallest absolute Gasteiger partial charge is 0.225 e. The fraction of sp³-hybridized carbons (Fsp3) is 0.500. The summed E-state index contributed by atoms with van der Waals surface area (Å²) in [6.45, 7) is 4.45. The summed E-state index contributed by atoms with van der Waals surface area (Å²) in [6.07, 6.45) is 0.861. The van der Waals surface area contributed by atoms with E-state index in [2.05, 4.69) is 11.8 Å². The minimum absolute atomic E-state index is 0.0716. The van der Waals surface area contributed by atoms with E-state index in [0.29, 0.717) is 6.54 Å². The van der Waals surface area contributed by atoms with Gasteiger partial charge in [-0.2, -0.15) is 0 Å². The van der Waals surface area contributed by atoms with Gasteiger partial charge in [-0.1, -0.05) is 25.7 Å². The summed E-state index contributed by atoms with van der Waals surface area (Å²) in [4.78, 5) is 14.6. The minimum atomic E-state index is -0.125. The van der Waals surface area contributed by atoms with Crippen LogP contribution in [-0.4, -0.2) is 29.6 Å². The molecule has 1 amide bonds. The van der Waals surface area contributed by atoms with Gasteiger partial charge in [0.05, 0.1) is 4.88 Å². The van der Waals surface area contributed by atoms with Gasteiger partial charge in [-0.3, -0.25) is 4.79 Å². The Morgan fingerprint density at radius 3 is 2.94 bits per heavy atom. The number of nitrogens with zero attached hydrogens (tertiary/aromatic N) is 1. The summed E-state index contributed by atoms with van der Waals surface area (Å²) in [5, 5.41) is 10.6. The molecule has 0 aromatic carbocycles. The second-order valence-corrected chi connectivity index (χ2v) is 5.19. The molecule has 4 heteroatoms. The van der Waals surface area contributed by atoms with E-state index in [-0.39, 0.29) is 18.4 Å². The van der Waals surface area contributed by atoms with E-state index in [0.717, 1.165) is 16.9 Å². The van der Waals surface area contributed by atoms with Gasteiger partial charge >= 0.3 is 0 Å². The molecular weight excluding hydrogens is 246 g/mol. The molecule has 0 saturated carbocycles. The average Bonchev–Trinajstić information content (AvgIpc) is 2.81. The molecule has 18 heavy (non-hydrogen) atoms. The van der Waals surface area contributed by atoms with Crippen molar-refractivity contribution in [1.82, 2.24) is 4.90 Å². The van der Waals surface area contributed by atoms with Crippen LogP contribution in [0.25, 0.3) is 0 Å². The van der Waals surface area contributed by atoms with Gasteiger partial charge in [0.25, 0.3) is 0 Å². The molecule has 0 fully saturated rings. The van der Waals surface area contributed by atoms with Crippen LogP contribution in [-0.2, 0) is 11.3 Å². The predicted molar refractivity (Wildman–Crippen MR) is 74.2 cm³/mol. The van der Waals surface area contributed by atoms with Crippen molar-refractivity contribution in [2.75, 3.05) is 13.7 Å². The van der Waals surface area contributed by atoms with E-state index in [9.17, 15) is 4.79 Å². The largest absolute Gasteiger partial charge is 0.384 e. The van der Waals surface area contributed by atoms with E-state index in [1.807, 2.05) is 32.3 Å². The lowest BCUT2D eigenvalue weighted by Crippen LogP contribution is -2.30. The standard InChI is InChI=1S/C14H19NO2S/c1-4-11(2)14(17)15(3)9-12-8-13(18-10-12)6-5-7-16/h8,10-11,16H,4,7,9H2,1-3H3. The number of aliphatic hydroxyl groups is 1. The van der Waals surface area contributed by atoms with Crippen molar-refractivity contribution in [1.29, 1.82) is 0 Å². The molecule has 1 aromatic rings. The molecule has 3 nitrogen and oxygen atoms in total. The summed E-state index contributed by atoms with van der Waals surface area (Å²) < 4.78 is 0. The van der Waals surface area contributed by atoms with Gasteiger partial charge < -0.3 is 10.0 Å². The summed E-state index contributed by atoms with van der Waals surface area (Å²) in [5.74, 6) is 5.73. The maximum Gasteiger partial charge on any atom is 0.225 e. The number of rotatable bonds is 4. The van der Waals surface area contributed by atoms with Crippen LogP contribution in [0.15, 0.2) is 11.4 Å². The second-order valence-electron chi connectivity index (χ2n) is 4.28. The molecule has 0 radical (unpaired) electrons. The Balaban J connectivity index is 2.62. The SMILES string of the molecule is CCC(C)C(=O)N(C)Cc1csc(C#CCO)c1. The zero-order chi connectivity index (χ0) is 13.5. The van der Waals surface area contributed by atoms with E-state index < -0.39 is 0 Å². The quantitative estimate of drug-likeness (QED) is 0.847. The molecule has 0 saturated heterocycles. The van der Waals surface area contributed by atoms with Crippen molar-refractivity contribution in [3.05, 3.63) is 21.9 Å². The van der Waals surface area contributed by atoms with Gasteiger partial charge in [-0.25, -0.2) is 0 Å². The third kappa shape index (κ3) is 4.17. The molecule has 0 aliphatic rings. The normalized spacial score (nSPS) is 11.6. The average molecular weight is 265 g/mol. The van der Waals surface area contributed by atoms with Crippen molar-refractivity contribution in [3.63, 3.8) is 0 Å². The van der Waals surface area contributed by atoms with Crippen molar-refractivity contribution < 1.29 is 9.90 Å². The highest BCUT2D eigenvalue weighted by Gasteiger charge is 2.15. The molecule has 1 heterocycles. The lowest BCUT2D eigenvalue weighted by molar-refractivity contribution is -0.134. The molecule has 1 aromatic heterocycles. The Labute approximate surface area is 112 Å². The Kier molecular flexibility index (Phi) is 5.90. The fourth-order valence-corrected chi connectivity index (χ4v) is 2.32. The Hall–Kier alpha value is -1.31. The molecule has 1 unspecified atom stereocenters. The topological polar surface area (TPSA) is 40.5 Å². The van der Waals surface area contributed by atoms with Crippen LogP contribution in [0, 0.1) is 17.8 Å². The molecular formula is C14H19NO2S. The number of hydrogen-bond donors (Lipinski definition) is 1. The Bertz CT molecular complexity index is 456. The van der Waals surface area contributed by atoms with Crippen LogP contribution in [0.4, 0.5) is 0 Å². The number of carbonyl (C=O) groups excluding carboxylic acids is 1. The van der Waals surface area contributed by atoms with Crippen molar-refractivity contribution >= 4 is 17.2 Å². The summed E-state index contributed by atoms with van der Waals surface area (Å²) in [6, 6.07) is 1.97. The maximum atomic E-state index is 11.9. The first kappa shape index (κ1) is 14.7. The van der Waals surface area contributed by atoms with E-state index >= 15 is 0 Å². The monoisotopic (exact) mass is 265 g/mol. The van der Waals surface area contributed by atoms with Gasteiger partial charge in [0.15, 0.2) is 0 Å². The van der Waals surface area contributed by atoms with E-state index in [1.54, 1.807) is 4.90 Å². The van der Waals surface area contributed by atoms with E-state index in [4.69, 9.17) is 5.11 Å². The number of aliphatic hydroxyl groups excluding tert-OH is 1. The fourth-order valence-electron chi connectivity index (χ4n) is 1.55. The molecule has 98 valence electrons. The first-order chi connectivity index (χ1) is 8.58. The highest BCUT2D eigenvalue weighted by molar-refractivity contribution is 7.10. The molecule has 0 spiro atoms. The summed E-state index contributed by atoms with van der Waals surface area (Å²) in [7, 11) is 1.82. The first-order valence-corrected chi connectivity index (χ1v) is 6.88. The number of carbonyl (C=O) groups is 1. The molecule has 1 N–H and O–H groups in total. The third-order valence-electron chi connectivity index (χ3n) is 2.77. The lowest BCUT2D eigenvalue weighted by Gasteiger charge is -2.20. The predicted octanol–water partition coefficient (Wildman–Crippen LogP) is 2.10. The van der Waals surface area contributed by atoms with Crippen LogP contribution in [0.2, 0.25) is 0 Å². The third-order valence-corrected chi connectivity index (χ3v) is 3.67. The van der Waals surface area contributed by atoms with Crippen LogP contribution in [0.5, 0.6) is 0 Å². The van der Waals surface area contributed by atoms with E-state index in [1.165, 1.54) is 11.3 Å². The van der Waals surface area contributed by atoms with Gasteiger partial charge in [0.1, 0.15) is 6.61 Å². The molecule has 0 aliphatic heterocycles.